The third-order valence-electron chi connectivity index (χ3n) is 5.59. The Bertz CT molecular complexity index is 1530. The number of fused-ring (bicyclic) bond motifs is 1. The molecule has 3 N–H and O–H groups in total. The number of amides is 2. The van der Waals surface area contributed by atoms with E-state index in [1.807, 2.05) is 0 Å². The maximum Gasteiger partial charge on any atom is 0.416 e. The summed E-state index contributed by atoms with van der Waals surface area (Å²) in [5.74, 6) is -3.36. The minimum Gasteiger partial charge on any atom is -0.342 e. The van der Waals surface area contributed by atoms with Gasteiger partial charge in [0.2, 0.25) is 5.91 Å². The summed E-state index contributed by atoms with van der Waals surface area (Å²) >= 11 is 6.28. The topological polar surface area (TPSA) is 105 Å². The molecule has 0 bridgehead atoms. The number of anilines is 1. The molecule has 2 aromatic heterocycles. The number of aromatic nitrogens is 4. The van der Waals surface area contributed by atoms with Gasteiger partial charge >= 0.3 is 6.18 Å². The molecule has 8 nitrogen and oxygen atoms in total. The van der Waals surface area contributed by atoms with Gasteiger partial charge in [-0.2, -0.15) is 13.2 Å². The quantitative estimate of drug-likeness (QED) is 0.329. The van der Waals surface area contributed by atoms with Crippen molar-refractivity contribution in [3.8, 4) is 11.6 Å². The molecule has 0 radical (unpaired) electrons. The van der Waals surface area contributed by atoms with Gasteiger partial charge < -0.3 is 20.2 Å². The largest absolute Gasteiger partial charge is 0.416 e. The number of carbonyl (C=O) groups excluding carboxylic acids is 2. The molecule has 4 aromatic rings. The van der Waals surface area contributed by atoms with Crippen molar-refractivity contribution in [2.45, 2.75) is 18.8 Å². The molecule has 14 heteroatoms. The van der Waals surface area contributed by atoms with Gasteiger partial charge in [0.15, 0.2) is 17.5 Å². The summed E-state index contributed by atoms with van der Waals surface area (Å²) < 4.78 is 68.9. The molecule has 0 saturated heterocycles. The Kier molecular flexibility index (Phi) is 5.94. The highest BCUT2D eigenvalue weighted by atomic mass is 35.5. The van der Waals surface area contributed by atoms with Crippen molar-refractivity contribution in [3.05, 3.63) is 87.8 Å². The van der Waals surface area contributed by atoms with Gasteiger partial charge in [-0.3, -0.25) is 9.59 Å². The van der Waals surface area contributed by atoms with E-state index in [0.29, 0.717) is 12.1 Å². The van der Waals surface area contributed by atoms with E-state index in [2.05, 4.69) is 25.6 Å². The van der Waals surface area contributed by atoms with Crippen molar-refractivity contribution in [2.75, 3.05) is 5.32 Å². The first-order chi connectivity index (χ1) is 17.5. The van der Waals surface area contributed by atoms with Gasteiger partial charge in [-0.05, 0) is 36.4 Å². The molecule has 0 aliphatic carbocycles. The fourth-order valence-corrected chi connectivity index (χ4v) is 4.25. The number of hydrogen-bond donors (Lipinski definition) is 3. The first kappa shape index (κ1) is 24.4. The predicted molar refractivity (Wildman–Crippen MR) is 121 cm³/mol. The number of nitrogens with zero attached hydrogens (tertiary/aromatic N) is 3. The Morgan fingerprint density at radius 3 is 2.62 bits per heavy atom. The second-order valence-corrected chi connectivity index (χ2v) is 8.45. The van der Waals surface area contributed by atoms with E-state index in [4.69, 9.17) is 11.6 Å². The van der Waals surface area contributed by atoms with E-state index < -0.39 is 46.8 Å². The Morgan fingerprint density at radius 2 is 1.92 bits per heavy atom. The van der Waals surface area contributed by atoms with Crippen LogP contribution in [-0.2, 0) is 17.5 Å². The first-order valence-corrected chi connectivity index (χ1v) is 10.9. The molecule has 1 aliphatic rings. The van der Waals surface area contributed by atoms with Gasteiger partial charge in [0.25, 0.3) is 5.91 Å². The third-order valence-corrected chi connectivity index (χ3v) is 5.93. The highest BCUT2D eigenvalue weighted by molar-refractivity contribution is 6.31. The van der Waals surface area contributed by atoms with Crippen LogP contribution in [0, 0.1) is 11.6 Å². The molecule has 3 heterocycles. The molecule has 2 amide bonds. The van der Waals surface area contributed by atoms with Crippen molar-refractivity contribution in [1.82, 2.24) is 24.8 Å². The number of benzene rings is 2. The minimum atomic E-state index is -4.89. The lowest BCUT2D eigenvalue weighted by Crippen LogP contribution is -2.39. The normalized spacial score (nSPS) is 15.3. The van der Waals surface area contributed by atoms with E-state index in [0.717, 1.165) is 12.1 Å². The average molecular weight is 537 g/mol. The van der Waals surface area contributed by atoms with Gasteiger partial charge in [-0.1, -0.05) is 11.6 Å². The lowest BCUT2D eigenvalue weighted by Gasteiger charge is -2.28. The van der Waals surface area contributed by atoms with Crippen LogP contribution in [-0.4, -0.2) is 31.3 Å². The second-order valence-electron chi connectivity index (χ2n) is 8.04. The van der Waals surface area contributed by atoms with Gasteiger partial charge in [0, 0.05) is 28.5 Å². The third kappa shape index (κ3) is 4.65. The highest BCUT2D eigenvalue weighted by Crippen LogP contribution is 2.38. The fourth-order valence-electron chi connectivity index (χ4n) is 4.02. The number of H-pyrrole nitrogens is 1. The Morgan fingerprint density at radius 1 is 1.14 bits per heavy atom. The van der Waals surface area contributed by atoms with Crippen molar-refractivity contribution in [1.29, 1.82) is 0 Å². The van der Waals surface area contributed by atoms with E-state index in [1.165, 1.54) is 23.0 Å². The Balaban J connectivity index is 1.64. The van der Waals surface area contributed by atoms with Gasteiger partial charge in [-0.15, -0.1) is 0 Å². The van der Waals surface area contributed by atoms with Gasteiger partial charge in [0.05, 0.1) is 17.3 Å². The van der Waals surface area contributed by atoms with Crippen LogP contribution < -0.4 is 10.6 Å². The first-order valence-electron chi connectivity index (χ1n) is 10.5. The van der Waals surface area contributed by atoms with Crippen LogP contribution in [0.25, 0.3) is 11.6 Å². The molecule has 5 rings (SSSR count). The van der Waals surface area contributed by atoms with Crippen LogP contribution >= 0.6 is 11.6 Å². The lowest BCUT2D eigenvalue weighted by atomic mass is 10.0. The summed E-state index contributed by atoms with van der Waals surface area (Å²) in [7, 11) is 0. The van der Waals surface area contributed by atoms with Crippen molar-refractivity contribution < 1.29 is 31.5 Å². The van der Waals surface area contributed by atoms with E-state index in [9.17, 15) is 31.5 Å². The molecule has 1 aliphatic heterocycles. The van der Waals surface area contributed by atoms with Crippen LogP contribution in [0.15, 0.2) is 48.8 Å². The second kappa shape index (κ2) is 9.00. The smallest absolute Gasteiger partial charge is 0.342 e. The molecule has 0 fully saturated rings. The monoisotopic (exact) mass is 536 g/mol. The number of aromatic amines is 1. The highest BCUT2D eigenvalue weighted by Gasteiger charge is 2.36. The molecule has 1 atom stereocenters. The molecule has 0 spiro atoms. The van der Waals surface area contributed by atoms with Crippen LogP contribution in [0.2, 0.25) is 5.02 Å². The average Bonchev–Trinajstić information content (AvgIpc) is 3.47. The van der Waals surface area contributed by atoms with E-state index in [1.54, 1.807) is 0 Å². The summed E-state index contributed by atoms with van der Waals surface area (Å²) in [4.78, 5) is 36.8. The molecule has 190 valence electrons. The summed E-state index contributed by atoms with van der Waals surface area (Å²) in [6.45, 7) is -0.268. The van der Waals surface area contributed by atoms with E-state index >= 15 is 0 Å². The number of nitrogens with one attached hydrogen (secondary N) is 3. The lowest BCUT2D eigenvalue weighted by molar-refractivity contribution is -0.137. The maximum atomic E-state index is 14.1. The van der Waals surface area contributed by atoms with Crippen molar-refractivity contribution in [3.63, 3.8) is 0 Å². The fraction of sp³-hybridized carbons (Fsp3) is 0.130. The number of hydrogen-bond acceptors (Lipinski definition) is 4. The summed E-state index contributed by atoms with van der Waals surface area (Å²) in [6, 6.07) is 3.80. The standard InChI is InChI=1S/C23H14ClF5N6O2/c24-15-2-1-12(25)8-14(15)17-18-19(33-21(20-30-3-4-31-20)35(18)9-16(36)32-17)34-22(37)10-5-11(23(27,28)29)7-13(26)6-10/h1-8,17H,9H2,(H,30,31)(H,32,36)(H,34,37). The van der Waals surface area contributed by atoms with Crippen molar-refractivity contribution in [2.24, 2.45) is 0 Å². The van der Waals surface area contributed by atoms with E-state index in [-0.39, 0.29) is 46.4 Å². The zero-order valence-electron chi connectivity index (χ0n) is 18.3. The molecule has 2 aromatic carbocycles. The number of rotatable bonds is 4. The number of halogens is 6. The van der Waals surface area contributed by atoms with Gasteiger partial charge in [-0.25, -0.2) is 18.7 Å². The predicted octanol–water partition coefficient (Wildman–Crippen LogP) is 4.70. The molecule has 37 heavy (non-hydrogen) atoms. The zero-order valence-corrected chi connectivity index (χ0v) is 19.1. The number of alkyl halides is 3. The molecular weight excluding hydrogens is 523 g/mol. The van der Waals surface area contributed by atoms with Crippen LogP contribution in [0.4, 0.5) is 27.8 Å². The number of imidazole rings is 2. The Hall–Kier alpha value is -4.26. The van der Waals surface area contributed by atoms with Crippen LogP contribution in [0.3, 0.4) is 0 Å². The molecular formula is C23H14ClF5N6O2. The molecule has 0 saturated carbocycles. The van der Waals surface area contributed by atoms with Crippen LogP contribution in [0.1, 0.15) is 33.2 Å². The van der Waals surface area contributed by atoms with Crippen molar-refractivity contribution >= 4 is 29.2 Å². The zero-order chi connectivity index (χ0) is 26.5. The Labute approximate surface area is 209 Å². The minimum absolute atomic E-state index is 0.0955. The summed E-state index contributed by atoms with van der Waals surface area (Å²) in [5.41, 5.74) is -1.67. The number of carbonyl (C=O) groups is 2. The molecule has 1 unspecified atom stereocenters. The summed E-state index contributed by atoms with van der Waals surface area (Å²) in [6.07, 6.45) is -1.98. The maximum absolute atomic E-state index is 14.1. The SMILES string of the molecule is O=C1Cn2c(-c3ncc[nH]3)nc(NC(=O)c3cc(F)cc(C(F)(F)F)c3)c2C(c2cc(F)ccc2Cl)N1. The van der Waals surface area contributed by atoms with Gasteiger partial charge in [0.1, 0.15) is 18.2 Å². The van der Waals surface area contributed by atoms with Crippen LogP contribution in [0.5, 0.6) is 0 Å². The summed E-state index contributed by atoms with van der Waals surface area (Å²) in [5, 5.41) is 5.15.